The van der Waals surface area contributed by atoms with Gasteiger partial charge in [0.25, 0.3) is 0 Å². The number of carbonyl (C=O) groups excluding carboxylic acids is 2. The van der Waals surface area contributed by atoms with Crippen LogP contribution < -0.4 is 10.4 Å². The molecule has 0 aliphatic heterocycles. The number of carbonyl (C=O) groups is 2. The summed E-state index contributed by atoms with van der Waals surface area (Å²) in [5, 5.41) is 33.6. The van der Waals surface area contributed by atoms with Crippen LogP contribution in [0.25, 0.3) is 11.4 Å². The van der Waals surface area contributed by atoms with Crippen molar-refractivity contribution in [1.82, 2.24) is 9.55 Å². The third kappa shape index (κ3) is 8.12. The van der Waals surface area contributed by atoms with Gasteiger partial charge in [-0.1, -0.05) is 44.2 Å². The van der Waals surface area contributed by atoms with E-state index in [-0.39, 0.29) is 37.7 Å². The van der Waals surface area contributed by atoms with E-state index in [1.54, 1.807) is 12.1 Å². The number of halogens is 1. The molecule has 198 valence electrons. The van der Waals surface area contributed by atoms with Crippen molar-refractivity contribution < 1.29 is 34.0 Å². The van der Waals surface area contributed by atoms with E-state index >= 15 is 0 Å². The van der Waals surface area contributed by atoms with Gasteiger partial charge in [0, 0.05) is 24.5 Å². The summed E-state index contributed by atoms with van der Waals surface area (Å²) in [5.41, 5.74) is 2.09. The Bertz CT molecular complexity index is 1180. The molecule has 3 aromatic rings. The minimum Gasteiger partial charge on any atom is -0.550 e. The molecule has 9 nitrogen and oxygen atoms in total. The van der Waals surface area contributed by atoms with Gasteiger partial charge in [0.2, 0.25) is 0 Å². The van der Waals surface area contributed by atoms with E-state index in [1.807, 2.05) is 48.7 Å². The minimum atomic E-state index is -1.40. The smallest absolute Gasteiger partial charge is 0.413 e. The van der Waals surface area contributed by atoms with E-state index in [4.69, 9.17) is 4.74 Å². The number of ether oxygens (including phenoxy) is 1. The van der Waals surface area contributed by atoms with Gasteiger partial charge in [0.05, 0.1) is 17.9 Å². The van der Waals surface area contributed by atoms with E-state index in [0.29, 0.717) is 17.1 Å². The van der Waals surface area contributed by atoms with Crippen LogP contribution >= 0.6 is 0 Å². The van der Waals surface area contributed by atoms with Gasteiger partial charge < -0.3 is 29.4 Å². The zero-order valence-corrected chi connectivity index (χ0v) is 20.8. The maximum absolute atomic E-state index is 13.6. The molecule has 1 heterocycles. The summed E-state index contributed by atoms with van der Waals surface area (Å²) in [5.74, 6) is -1.19. The number of nitrogens with one attached hydrogen (secondary N) is 1. The Kier molecular flexibility index (Phi) is 9.76. The average Bonchev–Trinajstić information content (AvgIpc) is 3.20. The van der Waals surface area contributed by atoms with E-state index < -0.39 is 36.5 Å². The van der Waals surface area contributed by atoms with Crippen molar-refractivity contribution in [2.45, 2.75) is 64.4 Å². The molecule has 2 atom stereocenters. The van der Waals surface area contributed by atoms with Crippen molar-refractivity contribution in [3.63, 3.8) is 0 Å². The van der Waals surface area contributed by atoms with Gasteiger partial charge in [-0.3, -0.25) is 5.32 Å². The first-order chi connectivity index (χ1) is 17.6. The average molecular weight is 513 g/mol. The van der Waals surface area contributed by atoms with E-state index in [2.05, 4.69) is 10.3 Å². The first-order valence-corrected chi connectivity index (χ1v) is 12.0. The molecular formula is C27H31FN3O6-. The molecule has 2 aromatic carbocycles. The molecule has 37 heavy (non-hydrogen) atoms. The Morgan fingerprint density at radius 2 is 1.76 bits per heavy atom. The minimum absolute atomic E-state index is 0.0790. The highest BCUT2D eigenvalue weighted by Crippen LogP contribution is 2.32. The number of amides is 1. The van der Waals surface area contributed by atoms with Crippen molar-refractivity contribution in [2.75, 3.05) is 5.32 Å². The molecule has 0 aliphatic carbocycles. The molecule has 0 radical (unpaired) electrons. The Morgan fingerprint density at radius 3 is 2.38 bits per heavy atom. The normalized spacial score (nSPS) is 12.8. The number of carboxylic acid groups (broad SMARTS) is 1. The van der Waals surface area contributed by atoms with E-state index in [9.17, 15) is 29.3 Å². The van der Waals surface area contributed by atoms with Crippen LogP contribution in [0.1, 0.15) is 50.3 Å². The van der Waals surface area contributed by atoms with Gasteiger partial charge >= 0.3 is 6.09 Å². The number of aromatic nitrogens is 2. The number of hydrogen-bond donors (Lipinski definition) is 3. The Morgan fingerprint density at radius 1 is 1.08 bits per heavy atom. The number of imidazole rings is 1. The Labute approximate surface area is 214 Å². The van der Waals surface area contributed by atoms with Gasteiger partial charge in [-0.05, 0) is 48.6 Å². The first-order valence-electron chi connectivity index (χ1n) is 12.0. The number of hydrogen-bond acceptors (Lipinski definition) is 7. The van der Waals surface area contributed by atoms with Crippen LogP contribution in [0, 0.1) is 5.82 Å². The summed E-state index contributed by atoms with van der Waals surface area (Å²) in [4.78, 5) is 27.9. The monoisotopic (exact) mass is 512 g/mol. The predicted octanol–water partition coefficient (Wildman–Crippen LogP) is 3.20. The van der Waals surface area contributed by atoms with E-state index in [0.717, 1.165) is 5.56 Å². The van der Waals surface area contributed by atoms with Gasteiger partial charge in [0.1, 0.15) is 18.2 Å². The topological polar surface area (TPSA) is 137 Å². The molecular weight excluding hydrogens is 481 g/mol. The van der Waals surface area contributed by atoms with Crippen LogP contribution in [0.5, 0.6) is 0 Å². The van der Waals surface area contributed by atoms with Gasteiger partial charge in [-0.25, -0.2) is 14.2 Å². The molecule has 0 unspecified atom stereocenters. The maximum Gasteiger partial charge on any atom is 0.413 e. The van der Waals surface area contributed by atoms with Crippen LogP contribution in [0.2, 0.25) is 0 Å². The summed E-state index contributed by atoms with van der Waals surface area (Å²) in [7, 11) is 0. The molecule has 0 fully saturated rings. The number of nitrogens with zero attached hydrogens (tertiary/aromatic N) is 2. The number of aliphatic hydroxyl groups excluding tert-OH is 2. The molecule has 0 saturated carbocycles. The van der Waals surface area contributed by atoms with Crippen LogP contribution in [0.15, 0.2) is 54.6 Å². The second-order valence-electron chi connectivity index (χ2n) is 9.08. The fraction of sp³-hybridized carbons (Fsp3) is 0.370. The zero-order valence-electron chi connectivity index (χ0n) is 20.8. The first kappa shape index (κ1) is 27.8. The molecule has 0 aliphatic rings. The van der Waals surface area contributed by atoms with Crippen molar-refractivity contribution in [3.8, 4) is 11.4 Å². The lowest BCUT2D eigenvalue weighted by Crippen LogP contribution is -2.29. The zero-order chi connectivity index (χ0) is 26.9. The van der Waals surface area contributed by atoms with Crippen molar-refractivity contribution in [1.29, 1.82) is 0 Å². The summed E-state index contributed by atoms with van der Waals surface area (Å²) < 4.78 is 20.7. The maximum atomic E-state index is 13.6. The summed E-state index contributed by atoms with van der Waals surface area (Å²) >= 11 is 0. The molecule has 10 heteroatoms. The number of aliphatic carboxylic acids is 1. The molecule has 0 saturated heterocycles. The van der Waals surface area contributed by atoms with Gasteiger partial charge in [-0.15, -0.1) is 0 Å². The largest absolute Gasteiger partial charge is 0.550 e. The highest BCUT2D eigenvalue weighted by atomic mass is 19.1. The molecule has 1 aromatic heterocycles. The standard InChI is InChI=1S/C27H32FN3O6/c1-17(2)24-25(30-27(36)37-16-18-6-4-3-5-7-18)29-26(19-8-10-20(28)11-9-19)31(24)13-12-21(32)14-22(33)15-23(34)35/h3-11,17,21-22,32-33H,12-16H2,1-2H3,(H,30,36)(H,34,35)/p-1/t21-,22-/m1/s1. The highest BCUT2D eigenvalue weighted by Gasteiger charge is 2.24. The lowest BCUT2D eigenvalue weighted by Gasteiger charge is -2.19. The highest BCUT2D eigenvalue weighted by molar-refractivity contribution is 5.85. The molecule has 1 amide bonds. The van der Waals surface area contributed by atoms with Crippen molar-refractivity contribution >= 4 is 17.9 Å². The van der Waals surface area contributed by atoms with Crippen LogP contribution in [-0.2, 0) is 22.7 Å². The summed E-state index contributed by atoms with van der Waals surface area (Å²) in [6, 6.07) is 15.0. The number of benzene rings is 2. The third-order valence-corrected chi connectivity index (χ3v) is 5.72. The number of rotatable bonds is 12. The van der Waals surface area contributed by atoms with Gasteiger partial charge in [0.15, 0.2) is 5.82 Å². The second-order valence-corrected chi connectivity index (χ2v) is 9.08. The Balaban J connectivity index is 1.84. The summed E-state index contributed by atoms with van der Waals surface area (Å²) in [6.45, 7) is 4.16. The second kappa shape index (κ2) is 13.0. The molecule has 0 spiro atoms. The van der Waals surface area contributed by atoms with Crippen molar-refractivity contribution in [2.24, 2.45) is 0 Å². The van der Waals surface area contributed by atoms with Crippen molar-refractivity contribution in [3.05, 3.63) is 71.7 Å². The molecule has 3 N–H and O–H groups in total. The van der Waals surface area contributed by atoms with Crippen LogP contribution in [0.4, 0.5) is 15.0 Å². The third-order valence-electron chi connectivity index (χ3n) is 5.72. The predicted molar refractivity (Wildman–Crippen MR) is 133 cm³/mol. The number of anilines is 1. The molecule has 3 rings (SSSR count). The lowest BCUT2D eigenvalue weighted by molar-refractivity contribution is -0.307. The van der Waals surface area contributed by atoms with E-state index in [1.165, 1.54) is 12.1 Å². The fourth-order valence-corrected chi connectivity index (χ4v) is 4.03. The summed E-state index contributed by atoms with van der Waals surface area (Å²) in [6.07, 6.45) is -3.45. The van der Waals surface area contributed by atoms with Crippen LogP contribution in [-0.4, -0.2) is 44.0 Å². The Hall–Kier alpha value is -3.76. The molecule has 0 bridgehead atoms. The quantitative estimate of drug-likeness (QED) is 0.339. The van der Waals surface area contributed by atoms with Crippen LogP contribution in [0.3, 0.4) is 0 Å². The van der Waals surface area contributed by atoms with Gasteiger partial charge in [-0.2, -0.15) is 0 Å². The SMILES string of the molecule is CC(C)c1c(NC(=O)OCc2ccccc2)nc(-c2ccc(F)cc2)n1CC[C@@H](O)C[C@@H](O)CC(=O)[O-]. The lowest BCUT2D eigenvalue weighted by atomic mass is 10.1. The fourth-order valence-electron chi connectivity index (χ4n) is 4.03. The number of carboxylic acids is 1. The number of aliphatic hydroxyl groups is 2.